The first-order valence-electron chi connectivity index (χ1n) is 5.61. The van der Waals surface area contributed by atoms with Crippen LogP contribution in [0.5, 0.6) is 0 Å². The van der Waals surface area contributed by atoms with Crippen LogP contribution in [0.3, 0.4) is 0 Å². The van der Waals surface area contributed by atoms with Crippen LogP contribution in [0, 0.1) is 0 Å². The molecule has 0 unspecified atom stereocenters. The van der Waals surface area contributed by atoms with Gasteiger partial charge in [0.15, 0.2) is 0 Å². The number of rotatable bonds is 4. The van der Waals surface area contributed by atoms with E-state index in [0.717, 1.165) is 17.7 Å². The summed E-state index contributed by atoms with van der Waals surface area (Å²) in [5.74, 6) is -0.983. The zero-order valence-corrected chi connectivity index (χ0v) is 11.0. The summed E-state index contributed by atoms with van der Waals surface area (Å²) in [5, 5.41) is 13.8. The fourth-order valence-electron chi connectivity index (χ4n) is 1.98. The zero-order valence-electron chi connectivity index (χ0n) is 10.2. The van der Waals surface area contributed by atoms with Crippen LogP contribution in [0.15, 0.2) is 18.5 Å². The number of halogens is 1. The first-order valence-corrected chi connectivity index (χ1v) is 5.99. The fourth-order valence-corrected chi connectivity index (χ4v) is 2.20. The van der Waals surface area contributed by atoms with Crippen LogP contribution in [0.25, 0.3) is 0 Å². The third kappa shape index (κ3) is 2.41. The number of hydrogen-bond acceptors (Lipinski definition) is 2. The van der Waals surface area contributed by atoms with Gasteiger partial charge in [-0.2, -0.15) is 5.10 Å². The third-order valence-corrected chi connectivity index (χ3v) is 2.96. The average Bonchev–Trinajstić information content (AvgIpc) is 2.82. The van der Waals surface area contributed by atoms with Crippen LogP contribution in [0.4, 0.5) is 0 Å². The summed E-state index contributed by atoms with van der Waals surface area (Å²) >= 11 is 5.85. The Morgan fingerprint density at radius 1 is 1.50 bits per heavy atom. The van der Waals surface area contributed by atoms with E-state index < -0.39 is 5.97 Å². The minimum Gasteiger partial charge on any atom is -0.477 e. The number of carboxylic acids is 1. The van der Waals surface area contributed by atoms with E-state index in [1.54, 1.807) is 15.4 Å². The van der Waals surface area contributed by atoms with Gasteiger partial charge in [0.1, 0.15) is 5.69 Å². The maximum atomic E-state index is 11.1. The van der Waals surface area contributed by atoms with Gasteiger partial charge in [-0.25, -0.2) is 4.79 Å². The van der Waals surface area contributed by atoms with Gasteiger partial charge in [0.2, 0.25) is 0 Å². The van der Waals surface area contributed by atoms with Crippen molar-refractivity contribution in [1.29, 1.82) is 0 Å². The molecular formula is C12H14ClN3O2. The van der Waals surface area contributed by atoms with Crippen molar-refractivity contribution in [3.05, 3.63) is 40.4 Å². The van der Waals surface area contributed by atoms with Gasteiger partial charge < -0.3 is 9.67 Å². The highest BCUT2D eigenvalue weighted by Crippen LogP contribution is 2.17. The molecule has 0 fully saturated rings. The molecule has 5 nitrogen and oxygen atoms in total. The summed E-state index contributed by atoms with van der Waals surface area (Å²) in [6.45, 7) is 2.48. The summed E-state index contributed by atoms with van der Waals surface area (Å²) < 4.78 is 3.36. The van der Waals surface area contributed by atoms with Gasteiger partial charge >= 0.3 is 5.97 Å². The van der Waals surface area contributed by atoms with Gasteiger partial charge in [-0.15, -0.1) is 0 Å². The first-order chi connectivity index (χ1) is 8.51. The van der Waals surface area contributed by atoms with Crippen molar-refractivity contribution in [3.8, 4) is 0 Å². The number of carbonyl (C=O) groups is 1. The van der Waals surface area contributed by atoms with Crippen molar-refractivity contribution in [2.24, 2.45) is 7.05 Å². The van der Waals surface area contributed by atoms with Gasteiger partial charge in [0.05, 0.1) is 17.3 Å². The van der Waals surface area contributed by atoms with E-state index in [1.807, 2.05) is 20.2 Å². The van der Waals surface area contributed by atoms with Crippen molar-refractivity contribution in [3.63, 3.8) is 0 Å². The normalized spacial score (nSPS) is 10.8. The Morgan fingerprint density at radius 2 is 2.22 bits per heavy atom. The largest absolute Gasteiger partial charge is 0.477 e. The number of aromatic nitrogens is 3. The van der Waals surface area contributed by atoms with Crippen LogP contribution < -0.4 is 0 Å². The lowest BCUT2D eigenvalue weighted by Gasteiger charge is -2.05. The SMILES string of the molecule is CCc1nn(C)cc1Cn1cc(Cl)cc1C(=O)O. The Labute approximate surface area is 110 Å². The molecular weight excluding hydrogens is 254 g/mol. The lowest BCUT2D eigenvalue weighted by atomic mass is 10.2. The summed E-state index contributed by atoms with van der Waals surface area (Å²) in [7, 11) is 1.85. The van der Waals surface area contributed by atoms with E-state index >= 15 is 0 Å². The molecule has 0 aliphatic carbocycles. The lowest BCUT2D eigenvalue weighted by molar-refractivity contribution is 0.0685. The Balaban J connectivity index is 2.36. The predicted molar refractivity (Wildman–Crippen MR) is 68.1 cm³/mol. The van der Waals surface area contributed by atoms with Crippen LogP contribution in [0.2, 0.25) is 5.02 Å². The molecule has 1 N–H and O–H groups in total. The molecule has 2 aromatic rings. The molecule has 0 saturated carbocycles. The topological polar surface area (TPSA) is 60.0 Å². The van der Waals surface area contributed by atoms with Gasteiger partial charge in [-0.3, -0.25) is 4.68 Å². The van der Waals surface area contributed by atoms with Crippen molar-refractivity contribution in [2.75, 3.05) is 0 Å². The Kier molecular flexibility index (Phi) is 3.43. The molecule has 0 spiro atoms. The third-order valence-electron chi connectivity index (χ3n) is 2.75. The molecule has 18 heavy (non-hydrogen) atoms. The molecule has 0 saturated heterocycles. The standard InChI is InChI=1S/C12H14ClN3O2/c1-3-10-8(5-15(2)14-10)6-16-7-9(13)4-11(16)12(17)18/h4-5,7H,3,6H2,1-2H3,(H,17,18). The monoisotopic (exact) mass is 267 g/mol. The highest BCUT2D eigenvalue weighted by molar-refractivity contribution is 6.30. The quantitative estimate of drug-likeness (QED) is 0.924. The Morgan fingerprint density at radius 3 is 2.83 bits per heavy atom. The molecule has 0 amide bonds. The molecule has 0 aliphatic rings. The number of hydrogen-bond donors (Lipinski definition) is 1. The highest BCUT2D eigenvalue weighted by atomic mass is 35.5. The van der Waals surface area contributed by atoms with E-state index in [9.17, 15) is 4.79 Å². The van der Waals surface area contributed by atoms with Crippen LogP contribution in [0.1, 0.15) is 28.7 Å². The van der Waals surface area contributed by atoms with Crippen molar-refractivity contribution in [2.45, 2.75) is 19.9 Å². The maximum absolute atomic E-state index is 11.1. The van der Waals surface area contributed by atoms with E-state index in [1.165, 1.54) is 6.07 Å². The molecule has 2 rings (SSSR count). The second kappa shape index (κ2) is 4.86. The molecule has 0 aromatic carbocycles. The highest BCUT2D eigenvalue weighted by Gasteiger charge is 2.14. The molecule has 0 atom stereocenters. The van der Waals surface area contributed by atoms with E-state index in [2.05, 4.69) is 5.10 Å². The minimum atomic E-state index is -0.983. The molecule has 2 aromatic heterocycles. The summed E-state index contributed by atoms with van der Waals surface area (Å²) in [6.07, 6.45) is 4.34. The van der Waals surface area contributed by atoms with E-state index in [4.69, 9.17) is 16.7 Å². The second-order valence-electron chi connectivity index (χ2n) is 4.10. The molecule has 0 bridgehead atoms. The zero-order chi connectivity index (χ0) is 13.3. The van der Waals surface area contributed by atoms with Gasteiger partial charge in [-0.1, -0.05) is 18.5 Å². The second-order valence-corrected chi connectivity index (χ2v) is 4.54. The molecule has 6 heteroatoms. The maximum Gasteiger partial charge on any atom is 0.352 e. The summed E-state index contributed by atoms with van der Waals surface area (Å²) in [5.41, 5.74) is 2.17. The van der Waals surface area contributed by atoms with E-state index in [-0.39, 0.29) is 5.69 Å². The average molecular weight is 268 g/mol. The number of carboxylic acid groups (broad SMARTS) is 1. The van der Waals surface area contributed by atoms with Gasteiger partial charge in [-0.05, 0) is 12.5 Å². The molecule has 0 radical (unpaired) electrons. The molecule has 0 aliphatic heterocycles. The predicted octanol–water partition coefficient (Wildman–Crippen LogP) is 2.18. The van der Waals surface area contributed by atoms with Gasteiger partial charge in [0.25, 0.3) is 0 Å². The Hall–Kier alpha value is -1.75. The van der Waals surface area contributed by atoms with Crippen molar-refractivity contribution in [1.82, 2.24) is 14.3 Å². The minimum absolute atomic E-state index is 0.186. The summed E-state index contributed by atoms with van der Waals surface area (Å²) in [6, 6.07) is 1.45. The van der Waals surface area contributed by atoms with Crippen LogP contribution >= 0.6 is 11.6 Å². The van der Waals surface area contributed by atoms with Crippen LogP contribution in [-0.4, -0.2) is 25.4 Å². The van der Waals surface area contributed by atoms with Crippen molar-refractivity contribution >= 4 is 17.6 Å². The van der Waals surface area contributed by atoms with E-state index in [0.29, 0.717) is 11.6 Å². The first kappa shape index (κ1) is 12.7. The fraction of sp³-hybridized carbons (Fsp3) is 0.333. The number of aryl methyl sites for hydroxylation is 2. The summed E-state index contributed by atoms with van der Waals surface area (Å²) in [4.78, 5) is 11.1. The Bertz CT molecular complexity index is 586. The van der Waals surface area contributed by atoms with Crippen molar-refractivity contribution < 1.29 is 9.90 Å². The number of nitrogens with zero attached hydrogens (tertiary/aromatic N) is 3. The number of aromatic carboxylic acids is 1. The smallest absolute Gasteiger partial charge is 0.352 e. The van der Waals surface area contributed by atoms with Crippen LogP contribution in [-0.2, 0) is 20.0 Å². The molecule has 2 heterocycles. The van der Waals surface area contributed by atoms with Gasteiger partial charge in [0, 0.05) is 25.0 Å². The molecule has 96 valence electrons. The lowest BCUT2D eigenvalue weighted by Crippen LogP contribution is -2.09.